The summed E-state index contributed by atoms with van der Waals surface area (Å²) in [5.41, 5.74) is 6.67. The lowest BCUT2D eigenvalue weighted by atomic mass is 10.2. The standard InChI is InChI=1S/C14H12Cl2N2O2/c1-18-14(19)8-2-5-11(17)13(6-8)20-12-7-9(15)3-4-10(12)16/h2-7H,17H2,1H3,(H,18,19). The number of ether oxygens (including phenoxy) is 1. The fourth-order valence-electron chi connectivity index (χ4n) is 1.58. The molecule has 0 spiro atoms. The van der Waals surface area contributed by atoms with Gasteiger partial charge in [0.25, 0.3) is 5.91 Å². The van der Waals surface area contributed by atoms with Crippen LogP contribution in [0.5, 0.6) is 11.5 Å². The highest BCUT2D eigenvalue weighted by atomic mass is 35.5. The molecule has 0 aliphatic carbocycles. The summed E-state index contributed by atoms with van der Waals surface area (Å²) < 4.78 is 5.63. The highest BCUT2D eigenvalue weighted by Crippen LogP contribution is 2.34. The first-order chi connectivity index (χ1) is 9.51. The van der Waals surface area contributed by atoms with Crippen LogP contribution >= 0.6 is 23.2 Å². The maximum absolute atomic E-state index is 11.6. The molecular formula is C14H12Cl2N2O2. The Morgan fingerprint density at radius 1 is 1.15 bits per heavy atom. The SMILES string of the molecule is CNC(=O)c1ccc(N)c(Oc2cc(Cl)ccc2Cl)c1. The van der Waals surface area contributed by atoms with Gasteiger partial charge in [0, 0.05) is 23.7 Å². The van der Waals surface area contributed by atoms with Gasteiger partial charge in [0.15, 0.2) is 5.75 Å². The van der Waals surface area contributed by atoms with Crippen molar-refractivity contribution >= 4 is 34.8 Å². The Hall–Kier alpha value is -1.91. The van der Waals surface area contributed by atoms with Crippen molar-refractivity contribution in [1.82, 2.24) is 5.32 Å². The quantitative estimate of drug-likeness (QED) is 0.849. The number of nitrogens with two attached hydrogens (primary N) is 1. The monoisotopic (exact) mass is 310 g/mol. The zero-order valence-electron chi connectivity index (χ0n) is 10.6. The second-order valence-electron chi connectivity index (χ2n) is 4.01. The van der Waals surface area contributed by atoms with Crippen molar-refractivity contribution in [2.24, 2.45) is 0 Å². The van der Waals surface area contributed by atoms with E-state index in [0.29, 0.717) is 32.8 Å². The summed E-state index contributed by atoms with van der Waals surface area (Å²) in [6, 6.07) is 9.61. The molecule has 0 aliphatic rings. The molecule has 0 fully saturated rings. The number of halogens is 2. The predicted molar refractivity (Wildman–Crippen MR) is 80.8 cm³/mol. The van der Waals surface area contributed by atoms with Crippen molar-refractivity contribution in [2.75, 3.05) is 12.8 Å². The summed E-state index contributed by atoms with van der Waals surface area (Å²) in [4.78, 5) is 11.6. The van der Waals surface area contributed by atoms with Crippen LogP contribution in [0.4, 0.5) is 5.69 Å². The van der Waals surface area contributed by atoms with Crippen molar-refractivity contribution in [3.8, 4) is 11.5 Å². The van der Waals surface area contributed by atoms with Gasteiger partial charge in [-0.3, -0.25) is 4.79 Å². The lowest BCUT2D eigenvalue weighted by Gasteiger charge is -2.11. The van der Waals surface area contributed by atoms with Crippen molar-refractivity contribution in [2.45, 2.75) is 0 Å². The first kappa shape index (κ1) is 14.5. The number of carbonyl (C=O) groups excluding carboxylic acids is 1. The number of nitrogen functional groups attached to an aromatic ring is 1. The van der Waals surface area contributed by atoms with Crippen LogP contribution in [0.2, 0.25) is 10.0 Å². The van der Waals surface area contributed by atoms with Gasteiger partial charge in [-0.15, -0.1) is 0 Å². The number of hydrogen-bond acceptors (Lipinski definition) is 3. The van der Waals surface area contributed by atoms with E-state index in [1.165, 1.54) is 0 Å². The Bertz CT molecular complexity index is 660. The van der Waals surface area contributed by atoms with Gasteiger partial charge < -0.3 is 15.8 Å². The third kappa shape index (κ3) is 3.15. The fourth-order valence-corrected chi connectivity index (χ4v) is 1.90. The predicted octanol–water partition coefficient (Wildman–Crippen LogP) is 3.73. The highest BCUT2D eigenvalue weighted by Gasteiger charge is 2.10. The minimum atomic E-state index is -0.230. The third-order valence-corrected chi connectivity index (χ3v) is 3.16. The molecule has 0 unspecified atom stereocenters. The van der Waals surface area contributed by atoms with Gasteiger partial charge in [0.05, 0.1) is 10.7 Å². The van der Waals surface area contributed by atoms with Gasteiger partial charge in [-0.05, 0) is 30.3 Å². The number of benzene rings is 2. The van der Waals surface area contributed by atoms with Gasteiger partial charge in [-0.1, -0.05) is 23.2 Å². The molecular weight excluding hydrogens is 299 g/mol. The zero-order chi connectivity index (χ0) is 14.7. The molecule has 0 aliphatic heterocycles. The number of hydrogen-bond donors (Lipinski definition) is 2. The number of carbonyl (C=O) groups is 1. The first-order valence-corrected chi connectivity index (χ1v) is 6.51. The molecule has 4 nitrogen and oxygen atoms in total. The average Bonchev–Trinajstić information content (AvgIpc) is 2.44. The van der Waals surface area contributed by atoms with E-state index in [0.717, 1.165) is 0 Å². The van der Waals surface area contributed by atoms with E-state index in [2.05, 4.69) is 5.32 Å². The molecule has 3 N–H and O–H groups in total. The maximum atomic E-state index is 11.6. The molecule has 0 heterocycles. The van der Waals surface area contributed by atoms with Crippen molar-refractivity contribution in [3.63, 3.8) is 0 Å². The highest BCUT2D eigenvalue weighted by molar-refractivity contribution is 6.34. The second-order valence-corrected chi connectivity index (χ2v) is 4.85. The Kier molecular flexibility index (Phi) is 4.37. The molecule has 2 rings (SSSR count). The fraction of sp³-hybridized carbons (Fsp3) is 0.0714. The molecule has 2 aromatic carbocycles. The third-order valence-electron chi connectivity index (χ3n) is 2.62. The largest absolute Gasteiger partial charge is 0.454 e. The molecule has 20 heavy (non-hydrogen) atoms. The van der Waals surface area contributed by atoms with Crippen LogP contribution in [0.1, 0.15) is 10.4 Å². The first-order valence-electron chi connectivity index (χ1n) is 5.76. The van der Waals surface area contributed by atoms with Gasteiger partial charge in [0.1, 0.15) is 5.75 Å². The number of anilines is 1. The molecule has 1 amide bonds. The summed E-state index contributed by atoms with van der Waals surface area (Å²) in [5, 5.41) is 3.42. The number of amides is 1. The van der Waals surface area contributed by atoms with E-state index in [9.17, 15) is 4.79 Å². The smallest absolute Gasteiger partial charge is 0.251 e. The summed E-state index contributed by atoms with van der Waals surface area (Å²) in [5.74, 6) is 0.488. The van der Waals surface area contributed by atoms with E-state index < -0.39 is 0 Å². The summed E-state index contributed by atoms with van der Waals surface area (Å²) in [6.07, 6.45) is 0. The Morgan fingerprint density at radius 2 is 1.90 bits per heavy atom. The molecule has 0 radical (unpaired) electrons. The van der Waals surface area contributed by atoms with Crippen LogP contribution in [0, 0.1) is 0 Å². The number of nitrogens with one attached hydrogen (secondary N) is 1. The Morgan fingerprint density at radius 3 is 2.60 bits per heavy atom. The molecule has 104 valence electrons. The molecule has 0 bridgehead atoms. The van der Waals surface area contributed by atoms with Gasteiger partial charge in [0.2, 0.25) is 0 Å². The summed E-state index contributed by atoms with van der Waals surface area (Å²) in [7, 11) is 1.55. The zero-order valence-corrected chi connectivity index (χ0v) is 12.1. The number of rotatable bonds is 3. The topological polar surface area (TPSA) is 64.4 Å². The minimum absolute atomic E-state index is 0.230. The van der Waals surface area contributed by atoms with Crippen LogP contribution in [-0.4, -0.2) is 13.0 Å². The molecule has 2 aromatic rings. The van der Waals surface area contributed by atoms with E-state index in [1.54, 1.807) is 43.4 Å². The van der Waals surface area contributed by atoms with Crippen molar-refractivity contribution in [3.05, 3.63) is 52.0 Å². The molecule has 0 aromatic heterocycles. The van der Waals surface area contributed by atoms with Crippen molar-refractivity contribution < 1.29 is 9.53 Å². The van der Waals surface area contributed by atoms with E-state index >= 15 is 0 Å². The normalized spacial score (nSPS) is 10.2. The lowest BCUT2D eigenvalue weighted by molar-refractivity contribution is 0.0963. The maximum Gasteiger partial charge on any atom is 0.251 e. The van der Waals surface area contributed by atoms with E-state index in [1.807, 2.05) is 0 Å². The van der Waals surface area contributed by atoms with E-state index in [-0.39, 0.29) is 5.91 Å². The van der Waals surface area contributed by atoms with Crippen LogP contribution < -0.4 is 15.8 Å². The molecule has 0 saturated heterocycles. The van der Waals surface area contributed by atoms with Gasteiger partial charge >= 0.3 is 0 Å². The van der Waals surface area contributed by atoms with Crippen LogP contribution in [0.25, 0.3) is 0 Å². The summed E-state index contributed by atoms with van der Waals surface area (Å²) in [6.45, 7) is 0. The molecule has 0 atom stereocenters. The minimum Gasteiger partial charge on any atom is -0.454 e. The van der Waals surface area contributed by atoms with Gasteiger partial charge in [-0.2, -0.15) is 0 Å². The average molecular weight is 311 g/mol. The molecule has 6 heteroatoms. The lowest BCUT2D eigenvalue weighted by Crippen LogP contribution is -2.17. The van der Waals surface area contributed by atoms with Crippen LogP contribution in [0.15, 0.2) is 36.4 Å². The second kappa shape index (κ2) is 6.03. The molecule has 0 saturated carbocycles. The Balaban J connectivity index is 2.37. The van der Waals surface area contributed by atoms with Crippen LogP contribution in [0.3, 0.4) is 0 Å². The van der Waals surface area contributed by atoms with Crippen molar-refractivity contribution in [1.29, 1.82) is 0 Å². The van der Waals surface area contributed by atoms with E-state index in [4.69, 9.17) is 33.7 Å². The van der Waals surface area contributed by atoms with Gasteiger partial charge in [-0.25, -0.2) is 0 Å². The Labute approximate surface area is 126 Å². The summed E-state index contributed by atoms with van der Waals surface area (Å²) >= 11 is 11.9. The van der Waals surface area contributed by atoms with Crippen LogP contribution in [-0.2, 0) is 0 Å².